The molecule has 0 aliphatic carbocycles. The monoisotopic (exact) mass is 289 g/mol. The van der Waals surface area contributed by atoms with E-state index in [0.29, 0.717) is 11.3 Å². The van der Waals surface area contributed by atoms with Gasteiger partial charge in [-0.25, -0.2) is 0 Å². The van der Waals surface area contributed by atoms with Gasteiger partial charge in [0.1, 0.15) is 5.75 Å². The number of ketones is 1. The highest BCUT2D eigenvalue weighted by molar-refractivity contribution is 5.96. The van der Waals surface area contributed by atoms with E-state index >= 15 is 0 Å². The average molecular weight is 289 g/mol. The van der Waals surface area contributed by atoms with Gasteiger partial charge in [-0.3, -0.25) is 4.79 Å². The van der Waals surface area contributed by atoms with Gasteiger partial charge in [0.2, 0.25) is 0 Å². The number of Topliss-reactive ketones (excluding diaryl/α,β-unsaturated/α-hetero) is 1. The van der Waals surface area contributed by atoms with Crippen molar-refractivity contribution < 1.29 is 9.53 Å². The lowest BCUT2D eigenvalue weighted by atomic mass is 10.1. The molecule has 1 atom stereocenters. The Bertz CT molecular complexity index is 450. The van der Waals surface area contributed by atoms with Crippen LogP contribution in [0.4, 0.5) is 0 Å². The molecular weight excluding hydrogens is 262 g/mol. The van der Waals surface area contributed by atoms with Gasteiger partial charge >= 0.3 is 0 Å². The Morgan fingerprint density at radius 1 is 1.19 bits per heavy atom. The number of hydrogen-bond donors (Lipinski definition) is 0. The van der Waals surface area contributed by atoms with Crippen LogP contribution in [-0.2, 0) is 0 Å². The van der Waals surface area contributed by atoms with Gasteiger partial charge in [0, 0.05) is 6.54 Å². The lowest BCUT2D eigenvalue weighted by Gasteiger charge is -2.23. The number of nitrogens with zero attached hydrogens (tertiary/aromatic N) is 1. The van der Waals surface area contributed by atoms with Crippen molar-refractivity contribution in [2.75, 3.05) is 19.6 Å². The van der Waals surface area contributed by atoms with E-state index in [2.05, 4.69) is 11.8 Å². The molecule has 0 aromatic heterocycles. The van der Waals surface area contributed by atoms with Crippen LogP contribution in [0.2, 0.25) is 0 Å². The fourth-order valence-electron chi connectivity index (χ4n) is 2.86. The number of para-hydroxylation sites is 1. The highest BCUT2D eigenvalue weighted by Crippen LogP contribution is 2.21. The number of benzene rings is 1. The third-order valence-electron chi connectivity index (χ3n) is 4.15. The quantitative estimate of drug-likeness (QED) is 0.743. The van der Waals surface area contributed by atoms with Crippen LogP contribution in [0.1, 0.15) is 56.3 Å². The molecule has 0 amide bonds. The molecule has 0 spiro atoms. The highest BCUT2D eigenvalue weighted by Gasteiger charge is 2.13. The minimum Gasteiger partial charge on any atom is -0.490 e. The number of likely N-dealkylation sites (tertiary alicyclic amines) is 1. The Hall–Kier alpha value is -1.35. The largest absolute Gasteiger partial charge is 0.490 e. The molecule has 3 nitrogen and oxygen atoms in total. The topological polar surface area (TPSA) is 29.5 Å². The van der Waals surface area contributed by atoms with Crippen LogP contribution >= 0.6 is 0 Å². The van der Waals surface area contributed by atoms with Crippen LogP contribution in [0.3, 0.4) is 0 Å². The Balaban J connectivity index is 1.84. The second-order valence-electron chi connectivity index (χ2n) is 6.03. The van der Waals surface area contributed by atoms with Crippen LogP contribution in [0.25, 0.3) is 0 Å². The maximum absolute atomic E-state index is 11.6. The first kappa shape index (κ1) is 16.0. The Morgan fingerprint density at radius 2 is 1.86 bits per heavy atom. The molecular formula is C18H27NO2. The molecule has 116 valence electrons. The predicted octanol–water partition coefficient (Wildman–Crippen LogP) is 3.92. The van der Waals surface area contributed by atoms with E-state index in [1.54, 1.807) is 6.92 Å². The van der Waals surface area contributed by atoms with Crippen molar-refractivity contribution in [1.29, 1.82) is 0 Å². The molecule has 1 fully saturated rings. The first-order valence-corrected chi connectivity index (χ1v) is 8.16. The molecule has 0 bridgehead atoms. The Labute approximate surface area is 128 Å². The molecule has 2 rings (SSSR count). The second-order valence-corrected chi connectivity index (χ2v) is 6.03. The second kappa shape index (κ2) is 8.18. The SMILES string of the molecule is CC(=O)c1ccccc1OC(C)CCN1CCCCCC1. The summed E-state index contributed by atoms with van der Waals surface area (Å²) < 4.78 is 5.98. The molecule has 1 heterocycles. The maximum Gasteiger partial charge on any atom is 0.163 e. The predicted molar refractivity (Wildman–Crippen MR) is 86.1 cm³/mol. The van der Waals surface area contributed by atoms with Crippen molar-refractivity contribution in [3.63, 3.8) is 0 Å². The van der Waals surface area contributed by atoms with Crippen molar-refractivity contribution in [3.05, 3.63) is 29.8 Å². The smallest absolute Gasteiger partial charge is 0.163 e. The molecule has 0 N–H and O–H groups in total. The van der Waals surface area contributed by atoms with E-state index in [9.17, 15) is 4.79 Å². The van der Waals surface area contributed by atoms with Crippen LogP contribution in [0.15, 0.2) is 24.3 Å². The zero-order chi connectivity index (χ0) is 15.1. The van der Waals surface area contributed by atoms with Crippen LogP contribution < -0.4 is 4.74 Å². The third-order valence-corrected chi connectivity index (χ3v) is 4.15. The van der Waals surface area contributed by atoms with Crippen molar-refractivity contribution in [1.82, 2.24) is 4.90 Å². The van der Waals surface area contributed by atoms with E-state index in [1.807, 2.05) is 24.3 Å². The maximum atomic E-state index is 11.6. The van der Waals surface area contributed by atoms with Gasteiger partial charge in [-0.15, -0.1) is 0 Å². The third kappa shape index (κ3) is 5.16. The van der Waals surface area contributed by atoms with E-state index in [1.165, 1.54) is 38.8 Å². The summed E-state index contributed by atoms with van der Waals surface area (Å²) >= 11 is 0. The molecule has 1 unspecified atom stereocenters. The van der Waals surface area contributed by atoms with Gasteiger partial charge in [0.25, 0.3) is 0 Å². The number of carbonyl (C=O) groups excluding carboxylic acids is 1. The summed E-state index contributed by atoms with van der Waals surface area (Å²) in [4.78, 5) is 14.1. The normalized spacial score (nSPS) is 18.0. The summed E-state index contributed by atoms with van der Waals surface area (Å²) in [7, 11) is 0. The van der Waals surface area contributed by atoms with Crippen molar-refractivity contribution in [2.45, 2.75) is 52.1 Å². The summed E-state index contributed by atoms with van der Waals surface area (Å²) in [5.74, 6) is 0.777. The van der Waals surface area contributed by atoms with Crippen molar-refractivity contribution in [3.8, 4) is 5.75 Å². The van der Waals surface area contributed by atoms with Gasteiger partial charge in [0.05, 0.1) is 11.7 Å². The minimum absolute atomic E-state index is 0.0605. The van der Waals surface area contributed by atoms with E-state index in [0.717, 1.165) is 13.0 Å². The molecule has 1 aromatic rings. The van der Waals surface area contributed by atoms with Gasteiger partial charge < -0.3 is 9.64 Å². The molecule has 1 aliphatic heterocycles. The molecule has 1 saturated heterocycles. The fourth-order valence-corrected chi connectivity index (χ4v) is 2.86. The lowest BCUT2D eigenvalue weighted by Crippen LogP contribution is -2.29. The molecule has 1 aliphatic rings. The lowest BCUT2D eigenvalue weighted by molar-refractivity contribution is 0.100. The van der Waals surface area contributed by atoms with Gasteiger partial charge in [0.15, 0.2) is 5.78 Å². The Kier molecular flexibility index (Phi) is 6.24. The summed E-state index contributed by atoms with van der Waals surface area (Å²) in [6.07, 6.45) is 6.52. The first-order valence-electron chi connectivity index (χ1n) is 8.16. The fraction of sp³-hybridized carbons (Fsp3) is 0.611. The Morgan fingerprint density at radius 3 is 2.52 bits per heavy atom. The van der Waals surface area contributed by atoms with Gasteiger partial charge in [-0.05, 0) is 58.3 Å². The number of hydrogen-bond acceptors (Lipinski definition) is 3. The van der Waals surface area contributed by atoms with E-state index in [4.69, 9.17) is 4.74 Å². The van der Waals surface area contributed by atoms with Crippen LogP contribution in [0, 0.1) is 0 Å². The summed E-state index contributed by atoms with van der Waals surface area (Å²) in [5.41, 5.74) is 0.680. The van der Waals surface area contributed by atoms with Crippen molar-refractivity contribution >= 4 is 5.78 Å². The molecule has 0 radical (unpaired) electrons. The molecule has 1 aromatic carbocycles. The first-order chi connectivity index (χ1) is 10.2. The number of rotatable bonds is 6. The molecule has 0 saturated carbocycles. The summed E-state index contributed by atoms with van der Waals surface area (Å²) in [6.45, 7) is 7.20. The van der Waals surface area contributed by atoms with Gasteiger partial charge in [-0.1, -0.05) is 25.0 Å². The number of carbonyl (C=O) groups is 1. The average Bonchev–Trinajstić information content (AvgIpc) is 2.74. The van der Waals surface area contributed by atoms with Crippen LogP contribution in [-0.4, -0.2) is 36.4 Å². The van der Waals surface area contributed by atoms with Crippen LogP contribution in [0.5, 0.6) is 5.75 Å². The highest BCUT2D eigenvalue weighted by atomic mass is 16.5. The molecule has 21 heavy (non-hydrogen) atoms. The summed E-state index contributed by atoms with van der Waals surface area (Å²) in [5, 5.41) is 0. The zero-order valence-electron chi connectivity index (χ0n) is 13.3. The standard InChI is InChI=1S/C18H27NO2/c1-15(11-14-19-12-7-3-4-8-13-19)21-18-10-6-5-9-17(18)16(2)20/h5-6,9-10,15H,3-4,7-8,11-14H2,1-2H3. The zero-order valence-corrected chi connectivity index (χ0v) is 13.3. The van der Waals surface area contributed by atoms with E-state index < -0.39 is 0 Å². The summed E-state index contributed by atoms with van der Waals surface area (Å²) in [6, 6.07) is 7.52. The number of ether oxygens (including phenoxy) is 1. The van der Waals surface area contributed by atoms with Crippen molar-refractivity contribution in [2.24, 2.45) is 0 Å². The van der Waals surface area contributed by atoms with Gasteiger partial charge in [-0.2, -0.15) is 0 Å². The minimum atomic E-state index is 0.0605. The molecule has 3 heteroatoms. The van der Waals surface area contributed by atoms with E-state index in [-0.39, 0.29) is 11.9 Å².